The van der Waals surface area contributed by atoms with Crippen LogP contribution in [0.1, 0.15) is 27.6 Å². The van der Waals surface area contributed by atoms with Crippen LogP contribution in [0.25, 0.3) is 0 Å². The SMILES string of the molecule is CC(=O)OC1O[C@H](COC(=O)c2ccccc2)C(OC(=O)c2ccccc2)C1(F)F. The van der Waals surface area contributed by atoms with Crippen LogP contribution in [-0.2, 0) is 23.7 Å². The number of carbonyl (C=O) groups is 3. The van der Waals surface area contributed by atoms with Crippen molar-refractivity contribution in [2.24, 2.45) is 0 Å². The summed E-state index contributed by atoms with van der Waals surface area (Å²) in [5, 5.41) is 0. The second-order valence-electron chi connectivity index (χ2n) is 6.45. The van der Waals surface area contributed by atoms with Gasteiger partial charge in [0.25, 0.3) is 6.29 Å². The van der Waals surface area contributed by atoms with Gasteiger partial charge in [0.15, 0.2) is 0 Å². The maximum atomic E-state index is 14.8. The average Bonchev–Trinajstić information content (AvgIpc) is 2.96. The molecule has 3 rings (SSSR count). The second kappa shape index (κ2) is 9.00. The lowest BCUT2D eigenvalue weighted by Gasteiger charge is -2.23. The van der Waals surface area contributed by atoms with Crippen molar-refractivity contribution in [1.29, 1.82) is 0 Å². The Kier molecular flexibility index (Phi) is 6.41. The molecule has 9 heteroatoms. The van der Waals surface area contributed by atoms with Gasteiger partial charge in [-0.2, -0.15) is 8.78 Å². The summed E-state index contributed by atoms with van der Waals surface area (Å²) in [6, 6.07) is 15.4. The van der Waals surface area contributed by atoms with Gasteiger partial charge in [-0.25, -0.2) is 9.59 Å². The molecule has 0 N–H and O–H groups in total. The standard InChI is InChI=1S/C21H18F2O7/c1-13(24)28-20-21(22,23)17(30-19(26)15-10-6-3-7-11-15)16(29-20)12-27-18(25)14-8-4-2-5-9-14/h2-11,16-17,20H,12H2,1H3/t16-,17?,20?/m1/s1. The van der Waals surface area contributed by atoms with Crippen molar-refractivity contribution in [2.75, 3.05) is 6.61 Å². The highest BCUT2D eigenvalue weighted by Gasteiger charge is 2.63. The van der Waals surface area contributed by atoms with Crippen molar-refractivity contribution < 1.29 is 42.1 Å². The number of alkyl halides is 2. The first-order valence-electron chi connectivity index (χ1n) is 8.97. The lowest BCUT2D eigenvalue weighted by atomic mass is 10.1. The number of esters is 3. The van der Waals surface area contributed by atoms with Gasteiger partial charge in [-0.3, -0.25) is 4.79 Å². The average molecular weight is 420 g/mol. The molecule has 0 aromatic heterocycles. The van der Waals surface area contributed by atoms with E-state index in [1.165, 1.54) is 24.3 Å². The number of hydrogen-bond donors (Lipinski definition) is 0. The third-order valence-corrected chi connectivity index (χ3v) is 4.23. The molecule has 2 aromatic carbocycles. The predicted octanol–water partition coefficient (Wildman–Crippen LogP) is 2.99. The summed E-state index contributed by atoms with van der Waals surface area (Å²) in [6.45, 7) is 0.293. The van der Waals surface area contributed by atoms with Gasteiger partial charge >= 0.3 is 23.8 Å². The maximum absolute atomic E-state index is 14.8. The van der Waals surface area contributed by atoms with Gasteiger partial charge in [0.1, 0.15) is 12.7 Å². The van der Waals surface area contributed by atoms with Gasteiger partial charge in [-0.1, -0.05) is 36.4 Å². The minimum absolute atomic E-state index is 0.0456. The molecule has 3 atom stereocenters. The fourth-order valence-corrected chi connectivity index (χ4v) is 2.81. The predicted molar refractivity (Wildman–Crippen MR) is 97.7 cm³/mol. The molecule has 7 nitrogen and oxygen atoms in total. The van der Waals surface area contributed by atoms with Crippen molar-refractivity contribution in [1.82, 2.24) is 0 Å². The summed E-state index contributed by atoms with van der Waals surface area (Å²) in [4.78, 5) is 35.6. The third-order valence-electron chi connectivity index (χ3n) is 4.23. The minimum atomic E-state index is -3.86. The Hall–Kier alpha value is -3.33. The lowest BCUT2D eigenvalue weighted by molar-refractivity contribution is -0.222. The van der Waals surface area contributed by atoms with Crippen LogP contribution < -0.4 is 0 Å². The van der Waals surface area contributed by atoms with Gasteiger partial charge in [0.05, 0.1) is 11.1 Å². The zero-order chi connectivity index (χ0) is 21.7. The Morgan fingerprint density at radius 3 is 1.97 bits per heavy atom. The molecule has 0 amide bonds. The quantitative estimate of drug-likeness (QED) is 0.524. The molecular formula is C21H18F2O7. The van der Waals surface area contributed by atoms with Crippen LogP contribution in [0.15, 0.2) is 60.7 Å². The first-order chi connectivity index (χ1) is 14.3. The Bertz CT molecular complexity index is 902. The van der Waals surface area contributed by atoms with Gasteiger partial charge in [-0.15, -0.1) is 0 Å². The molecule has 1 saturated heterocycles. The smallest absolute Gasteiger partial charge is 0.347 e. The fraction of sp³-hybridized carbons (Fsp3) is 0.286. The molecule has 1 aliphatic heterocycles. The molecular weight excluding hydrogens is 402 g/mol. The minimum Gasteiger partial charge on any atom is -0.459 e. The van der Waals surface area contributed by atoms with E-state index in [2.05, 4.69) is 4.74 Å². The highest BCUT2D eigenvalue weighted by molar-refractivity contribution is 5.90. The van der Waals surface area contributed by atoms with Gasteiger partial charge < -0.3 is 18.9 Å². The molecule has 1 heterocycles. The number of carbonyl (C=O) groups excluding carboxylic acids is 3. The summed E-state index contributed by atoms with van der Waals surface area (Å²) < 4.78 is 49.2. The van der Waals surface area contributed by atoms with Crippen molar-refractivity contribution in [3.8, 4) is 0 Å². The zero-order valence-corrected chi connectivity index (χ0v) is 15.8. The molecule has 0 aliphatic carbocycles. The van der Waals surface area contributed by atoms with E-state index in [0.29, 0.717) is 0 Å². The van der Waals surface area contributed by atoms with E-state index in [9.17, 15) is 23.2 Å². The van der Waals surface area contributed by atoms with Crippen LogP contribution in [-0.4, -0.2) is 48.9 Å². The maximum Gasteiger partial charge on any atom is 0.347 e. The summed E-state index contributed by atoms with van der Waals surface area (Å²) >= 11 is 0. The number of benzene rings is 2. The Balaban J connectivity index is 1.76. The molecule has 1 fully saturated rings. The summed E-state index contributed by atoms with van der Waals surface area (Å²) in [5.41, 5.74) is 0.251. The van der Waals surface area contributed by atoms with E-state index in [0.717, 1.165) is 6.92 Å². The highest BCUT2D eigenvalue weighted by Crippen LogP contribution is 2.39. The molecule has 158 valence electrons. The number of ether oxygens (including phenoxy) is 4. The van der Waals surface area contributed by atoms with E-state index in [-0.39, 0.29) is 11.1 Å². The van der Waals surface area contributed by atoms with Crippen molar-refractivity contribution in [2.45, 2.75) is 31.3 Å². The van der Waals surface area contributed by atoms with Gasteiger partial charge in [0.2, 0.25) is 6.10 Å². The topological polar surface area (TPSA) is 88.1 Å². The molecule has 1 aliphatic rings. The Morgan fingerprint density at radius 1 is 0.900 bits per heavy atom. The van der Waals surface area contributed by atoms with E-state index in [1.54, 1.807) is 36.4 Å². The lowest BCUT2D eigenvalue weighted by Crippen LogP contribution is -2.45. The van der Waals surface area contributed by atoms with E-state index in [4.69, 9.17) is 14.2 Å². The molecule has 0 saturated carbocycles. The third kappa shape index (κ3) is 4.80. The molecule has 0 radical (unpaired) electrons. The number of hydrogen-bond acceptors (Lipinski definition) is 7. The number of rotatable bonds is 6. The van der Waals surface area contributed by atoms with Crippen LogP contribution in [0.2, 0.25) is 0 Å². The van der Waals surface area contributed by atoms with Crippen LogP contribution >= 0.6 is 0 Å². The van der Waals surface area contributed by atoms with Crippen LogP contribution in [0.3, 0.4) is 0 Å². The summed E-state index contributed by atoms with van der Waals surface area (Å²) in [6.07, 6.45) is -5.98. The van der Waals surface area contributed by atoms with Crippen LogP contribution in [0.5, 0.6) is 0 Å². The van der Waals surface area contributed by atoms with Crippen molar-refractivity contribution in [3.05, 3.63) is 71.8 Å². The van der Waals surface area contributed by atoms with E-state index >= 15 is 0 Å². The van der Waals surface area contributed by atoms with Crippen LogP contribution in [0, 0.1) is 0 Å². The second-order valence-corrected chi connectivity index (χ2v) is 6.45. The zero-order valence-electron chi connectivity index (χ0n) is 15.8. The molecule has 2 aromatic rings. The normalized spacial score (nSPS) is 22.2. The Labute approximate surface area is 170 Å². The molecule has 0 spiro atoms. The van der Waals surface area contributed by atoms with E-state index in [1.807, 2.05) is 0 Å². The van der Waals surface area contributed by atoms with Gasteiger partial charge in [0, 0.05) is 6.92 Å². The fourth-order valence-electron chi connectivity index (χ4n) is 2.81. The number of halogens is 2. The highest BCUT2D eigenvalue weighted by atomic mass is 19.3. The monoisotopic (exact) mass is 420 g/mol. The van der Waals surface area contributed by atoms with Crippen molar-refractivity contribution in [3.63, 3.8) is 0 Å². The van der Waals surface area contributed by atoms with E-state index < -0.39 is 48.9 Å². The molecule has 2 unspecified atom stereocenters. The van der Waals surface area contributed by atoms with Gasteiger partial charge in [-0.05, 0) is 24.3 Å². The van der Waals surface area contributed by atoms with Crippen LogP contribution in [0.4, 0.5) is 8.78 Å². The molecule has 30 heavy (non-hydrogen) atoms. The summed E-state index contributed by atoms with van der Waals surface area (Å²) in [7, 11) is 0. The first kappa shape index (κ1) is 21.4. The summed E-state index contributed by atoms with van der Waals surface area (Å²) in [5.74, 6) is -6.66. The largest absolute Gasteiger partial charge is 0.459 e. The van der Waals surface area contributed by atoms with Crippen molar-refractivity contribution >= 4 is 17.9 Å². The first-order valence-corrected chi connectivity index (χ1v) is 8.97. The molecule has 0 bridgehead atoms. The Morgan fingerprint density at radius 2 is 1.43 bits per heavy atom.